The van der Waals surface area contributed by atoms with Crippen LogP contribution in [0.3, 0.4) is 0 Å². The molecule has 0 fully saturated rings. The van der Waals surface area contributed by atoms with Crippen molar-refractivity contribution in [2.45, 2.75) is 0 Å². The molecule has 0 amide bonds. The number of esters is 1. The minimum atomic E-state index is -0.475. The topological polar surface area (TPSA) is 84.1 Å². The summed E-state index contributed by atoms with van der Waals surface area (Å²) in [6, 6.07) is 13.5. The molecule has 3 aromatic rings. The first-order valence-electron chi connectivity index (χ1n) is 6.86. The summed E-state index contributed by atoms with van der Waals surface area (Å²) >= 11 is 0. The lowest BCUT2D eigenvalue weighted by molar-refractivity contribution is 0.0601. The zero-order chi connectivity index (χ0) is 16.2. The van der Waals surface area contributed by atoms with Gasteiger partial charge in [-0.2, -0.15) is 0 Å². The number of rotatable bonds is 3. The Morgan fingerprint density at radius 3 is 2.65 bits per heavy atom. The van der Waals surface area contributed by atoms with Crippen molar-refractivity contribution in [1.29, 1.82) is 0 Å². The Balaban J connectivity index is 2.05. The summed E-state index contributed by atoms with van der Waals surface area (Å²) in [6.07, 6.45) is 1.59. The van der Waals surface area contributed by atoms with E-state index in [2.05, 4.69) is 15.2 Å². The van der Waals surface area contributed by atoms with Gasteiger partial charge in [0.15, 0.2) is 0 Å². The average Bonchev–Trinajstić information content (AvgIpc) is 2.61. The van der Waals surface area contributed by atoms with E-state index in [1.807, 2.05) is 0 Å². The van der Waals surface area contributed by atoms with E-state index in [0.29, 0.717) is 27.8 Å². The molecule has 6 heteroatoms. The third kappa shape index (κ3) is 2.87. The number of carbonyl (C=O) groups is 1. The number of nitrogens with zero attached hydrogens (tertiary/aromatic N) is 3. The van der Waals surface area contributed by atoms with Gasteiger partial charge in [-0.15, -0.1) is 10.2 Å². The number of phenols is 1. The summed E-state index contributed by atoms with van der Waals surface area (Å²) in [4.78, 5) is 15.9. The molecule has 23 heavy (non-hydrogen) atoms. The standard InChI is InChI=1S/C17H13N3O3/c1-23-17(22)12-5-2-3-7-13(12)19-20-14-8-9-15(21)16-11(14)6-4-10-18-16/h2-10,21H,1H3. The van der Waals surface area contributed by atoms with Gasteiger partial charge in [-0.05, 0) is 36.4 Å². The fraction of sp³-hybridized carbons (Fsp3) is 0.0588. The molecule has 0 saturated heterocycles. The van der Waals surface area contributed by atoms with Crippen LogP contribution >= 0.6 is 0 Å². The molecule has 0 atom stereocenters. The molecule has 6 nitrogen and oxygen atoms in total. The molecule has 1 aromatic heterocycles. The molecular formula is C17H13N3O3. The van der Waals surface area contributed by atoms with Crippen molar-refractivity contribution in [3.63, 3.8) is 0 Å². The lowest BCUT2D eigenvalue weighted by atomic mass is 10.1. The van der Waals surface area contributed by atoms with Crippen LogP contribution in [-0.4, -0.2) is 23.2 Å². The van der Waals surface area contributed by atoms with E-state index in [1.54, 1.807) is 48.7 Å². The van der Waals surface area contributed by atoms with E-state index in [0.717, 1.165) is 0 Å². The fourth-order valence-corrected chi connectivity index (χ4v) is 2.18. The monoisotopic (exact) mass is 307 g/mol. The van der Waals surface area contributed by atoms with Crippen molar-refractivity contribution in [3.05, 3.63) is 60.3 Å². The Hall–Kier alpha value is -3.28. The van der Waals surface area contributed by atoms with Gasteiger partial charge in [0, 0.05) is 11.6 Å². The maximum atomic E-state index is 11.7. The predicted molar refractivity (Wildman–Crippen MR) is 85.4 cm³/mol. The van der Waals surface area contributed by atoms with E-state index in [4.69, 9.17) is 4.74 Å². The van der Waals surface area contributed by atoms with Gasteiger partial charge in [-0.3, -0.25) is 4.98 Å². The number of aromatic hydroxyl groups is 1. The summed E-state index contributed by atoms with van der Waals surface area (Å²) in [6.45, 7) is 0. The van der Waals surface area contributed by atoms with Crippen LogP contribution in [0.15, 0.2) is 65.0 Å². The number of phenolic OH excluding ortho intramolecular Hbond substituents is 1. The lowest BCUT2D eigenvalue weighted by Crippen LogP contribution is -2.00. The van der Waals surface area contributed by atoms with Crippen LogP contribution in [0.5, 0.6) is 5.75 Å². The van der Waals surface area contributed by atoms with Gasteiger partial charge >= 0.3 is 5.97 Å². The van der Waals surface area contributed by atoms with Gasteiger partial charge in [0.1, 0.15) is 17.0 Å². The number of benzene rings is 2. The van der Waals surface area contributed by atoms with Crippen molar-refractivity contribution >= 4 is 28.2 Å². The van der Waals surface area contributed by atoms with Crippen LogP contribution in [-0.2, 0) is 4.74 Å². The van der Waals surface area contributed by atoms with Crippen LogP contribution < -0.4 is 0 Å². The van der Waals surface area contributed by atoms with Crippen LogP contribution in [0.1, 0.15) is 10.4 Å². The highest BCUT2D eigenvalue weighted by Gasteiger charge is 2.11. The van der Waals surface area contributed by atoms with Crippen molar-refractivity contribution in [2.75, 3.05) is 7.11 Å². The highest BCUT2D eigenvalue weighted by atomic mass is 16.5. The number of pyridine rings is 1. The normalized spacial score (nSPS) is 11.0. The number of hydrogen-bond donors (Lipinski definition) is 1. The van der Waals surface area contributed by atoms with E-state index in [9.17, 15) is 9.90 Å². The second-order valence-corrected chi connectivity index (χ2v) is 4.71. The maximum Gasteiger partial charge on any atom is 0.340 e. The SMILES string of the molecule is COC(=O)c1ccccc1N=Nc1ccc(O)c2ncccc12. The van der Waals surface area contributed by atoms with Gasteiger partial charge < -0.3 is 9.84 Å². The number of methoxy groups -OCH3 is 1. The maximum absolute atomic E-state index is 11.7. The fourth-order valence-electron chi connectivity index (χ4n) is 2.18. The Bertz CT molecular complexity index is 906. The highest BCUT2D eigenvalue weighted by molar-refractivity contribution is 5.95. The Morgan fingerprint density at radius 1 is 1.04 bits per heavy atom. The summed E-state index contributed by atoms with van der Waals surface area (Å²) in [5, 5.41) is 18.8. The zero-order valence-corrected chi connectivity index (χ0v) is 12.3. The molecule has 0 aliphatic rings. The van der Waals surface area contributed by atoms with Gasteiger partial charge in [-0.25, -0.2) is 4.79 Å². The first-order valence-corrected chi connectivity index (χ1v) is 6.86. The number of carbonyl (C=O) groups excluding carboxylic acids is 1. The van der Waals surface area contributed by atoms with Crippen molar-refractivity contribution in [3.8, 4) is 5.75 Å². The van der Waals surface area contributed by atoms with E-state index >= 15 is 0 Å². The zero-order valence-electron chi connectivity index (χ0n) is 12.3. The molecule has 114 valence electrons. The summed E-state index contributed by atoms with van der Waals surface area (Å²) in [7, 11) is 1.31. The molecule has 3 rings (SSSR count). The molecule has 0 aliphatic carbocycles. The van der Waals surface area contributed by atoms with Crippen LogP contribution in [0, 0.1) is 0 Å². The third-order valence-electron chi connectivity index (χ3n) is 3.30. The highest BCUT2D eigenvalue weighted by Crippen LogP contribution is 2.32. The second kappa shape index (κ2) is 6.23. The quantitative estimate of drug-likeness (QED) is 0.582. The first-order chi connectivity index (χ1) is 11.2. The number of azo groups is 1. The number of aromatic nitrogens is 1. The molecule has 2 aromatic carbocycles. The molecule has 1 N–H and O–H groups in total. The molecule has 0 spiro atoms. The van der Waals surface area contributed by atoms with Gasteiger partial charge in [0.2, 0.25) is 0 Å². The smallest absolute Gasteiger partial charge is 0.340 e. The summed E-state index contributed by atoms with van der Waals surface area (Å²) in [5.74, 6) is -0.397. The summed E-state index contributed by atoms with van der Waals surface area (Å²) < 4.78 is 4.73. The van der Waals surface area contributed by atoms with Crippen LogP contribution in [0.25, 0.3) is 10.9 Å². The Labute approximate surface area is 132 Å². The molecule has 1 heterocycles. The number of fused-ring (bicyclic) bond motifs is 1. The van der Waals surface area contributed by atoms with Gasteiger partial charge in [-0.1, -0.05) is 12.1 Å². The number of ether oxygens (including phenoxy) is 1. The minimum Gasteiger partial charge on any atom is -0.506 e. The van der Waals surface area contributed by atoms with Gasteiger partial charge in [0.05, 0.1) is 18.4 Å². The molecular weight excluding hydrogens is 294 g/mol. The minimum absolute atomic E-state index is 0.0783. The van der Waals surface area contributed by atoms with Gasteiger partial charge in [0.25, 0.3) is 0 Å². The molecule has 0 radical (unpaired) electrons. The third-order valence-corrected chi connectivity index (χ3v) is 3.30. The Kier molecular flexibility index (Phi) is 3.97. The van der Waals surface area contributed by atoms with Crippen LogP contribution in [0.4, 0.5) is 11.4 Å². The van der Waals surface area contributed by atoms with Crippen molar-refractivity contribution in [1.82, 2.24) is 4.98 Å². The predicted octanol–water partition coefficient (Wildman–Crippen LogP) is 4.14. The second-order valence-electron chi connectivity index (χ2n) is 4.71. The van der Waals surface area contributed by atoms with Crippen molar-refractivity contribution < 1.29 is 14.6 Å². The van der Waals surface area contributed by atoms with E-state index in [-0.39, 0.29) is 5.75 Å². The van der Waals surface area contributed by atoms with Crippen molar-refractivity contribution in [2.24, 2.45) is 10.2 Å². The Morgan fingerprint density at radius 2 is 1.83 bits per heavy atom. The molecule has 0 unspecified atom stereocenters. The lowest BCUT2D eigenvalue weighted by Gasteiger charge is -2.04. The molecule has 0 bridgehead atoms. The van der Waals surface area contributed by atoms with Crippen LogP contribution in [0.2, 0.25) is 0 Å². The average molecular weight is 307 g/mol. The van der Waals surface area contributed by atoms with E-state index < -0.39 is 5.97 Å². The molecule has 0 saturated carbocycles. The summed E-state index contributed by atoms with van der Waals surface area (Å²) in [5.41, 5.74) is 1.74. The molecule has 0 aliphatic heterocycles. The van der Waals surface area contributed by atoms with E-state index in [1.165, 1.54) is 13.2 Å². The number of hydrogen-bond acceptors (Lipinski definition) is 6. The largest absolute Gasteiger partial charge is 0.506 e. The first kappa shape index (κ1) is 14.6.